The van der Waals surface area contributed by atoms with E-state index in [-0.39, 0.29) is 17.9 Å². The van der Waals surface area contributed by atoms with Gasteiger partial charge in [0.05, 0.1) is 0 Å². The highest BCUT2D eigenvalue weighted by molar-refractivity contribution is 9.10. The minimum atomic E-state index is -1.59. The summed E-state index contributed by atoms with van der Waals surface area (Å²) >= 11 is 8.80. The first-order chi connectivity index (χ1) is 9.33. The summed E-state index contributed by atoms with van der Waals surface area (Å²) in [6.07, 6.45) is 1.46. The molecule has 0 aromatic carbocycles. The number of carboxylic acid groups (broad SMARTS) is 1. The van der Waals surface area contributed by atoms with Crippen LogP contribution in [0, 0.1) is 0 Å². The standard InChI is InChI=1S/C12H10BrClN2O4/c13-12(11(19)20,7-3-9(17)16-10(7)18)4-6-1-2-8(14)15-5-6/h1-3,5,16-18H,4H2,(H,19,20). The molecule has 2 aromatic rings. The van der Waals surface area contributed by atoms with Crippen molar-refractivity contribution in [3.8, 4) is 11.8 Å². The molecule has 2 aromatic heterocycles. The van der Waals surface area contributed by atoms with Crippen molar-refractivity contribution in [2.24, 2.45) is 0 Å². The van der Waals surface area contributed by atoms with Gasteiger partial charge < -0.3 is 15.3 Å². The highest BCUT2D eigenvalue weighted by Gasteiger charge is 2.41. The van der Waals surface area contributed by atoms with Crippen LogP contribution in [0.1, 0.15) is 11.1 Å². The third-order valence-corrected chi connectivity index (χ3v) is 4.06. The van der Waals surface area contributed by atoms with Gasteiger partial charge in [-0.25, -0.2) is 4.98 Å². The lowest BCUT2D eigenvalue weighted by Crippen LogP contribution is -2.31. The molecule has 6 nitrogen and oxygen atoms in total. The van der Waals surface area contributed by atoms with Crippen molar-refractivity contribution in [1.82, 2.24) is 9.97 Å². The van der Waals surface area contributed by atoms with Crippen LogP contribution in [0.4, 0.5) is 0 Å². The Balaban J connectivity index is 2.42. The molecule has 1 unspecified atom stereocenters. The molecule has 4 N–H and O–H groups in total. The number of aromatic hydroxyl groups is 2. The topological polar surface area (TPSA) is 106 Å². The molecular weight excluding hydrogens is 351 g/mol. The lowest BCUT2D eigenvalue weighted by molar-refractivity contribution is -0.139. The van der Waals surface area contributed by atoms with E-state index in [0.29, 0.717) is 10.7 Å². The summed E-state index contributed by atoms with van der Waals surface area (Å²) in [5.74, 6) is -1.94. The highest BCUT2D eigenvalue weighted by Crippen LogP contribution is 2.41. The maximum atomic E-state index is 11.6. The zero-order valence-electron chi connectivity index (χ0n) is 9.97. The fourth-order valence-electron chi connectivity index (χ4n) is 1.81. The summed E-state index contributed by atoms with van der Waals surface area (Å²) in [5, 5.41) is 28.7. The van der Waals surface area contributed by atoms with Crippen LogP contribution in [0.15, 0.2) is 24.4 Å². The van der Waals surface area contributed by atoms with Gasteiger partial charge in [-0.3, -0.25) is 9.78 Å². The van der Waals surface area contributed by atoms with Crippen LogP contribution < -0.4 is 0 Å². The van der Waals surface area contributed by atoms with Gasteiger partial charge >= 0.3 is 5.97 Å². The van der Waals surface area contributed by atoms with Gasteiger partial charge in [0, 0.05) is 24.2 Å². The van der Waals surface area contributed by atoms with E-state index >= 15 is 0 Å². The molecule has 0 amide bonds. The quantitative estimate of drug-likeness (QED) is 0.494. The molecule has 106 valence electrons. The molecule has 1 atom stereocenters. The molecule has 0 spiro atoms. The Hall–Kier alpha value is -1.73. The predicted molar refractivity (Wildman–Crippen MR) is 75.3 cm³/mol. The van der Waals surface area contributed by atoms with E-state index in [4.69, 9.17) is 11.6 Å². The second kappa shape index (κ2) is 5.34. The van der Waals surface area contributed by atoms with Gasteiger partial charge in [0.25, 0.3) is 0 Å². The van der Waals surface area contributed by atoms with E-state index in [9.17, 15) is 20.1 Å². The zero-order chi connectivity index (χ0) is 14.9. The number of alkyl halides is 1. The summed E-state index contributed by atoms with van der Waals surface area (Å²) < 4.78 is -1.59. The van der Waals surface area contributed by atoms with E-state index in [0.717, 1.165) is 6.07 Å². The molecule has 8 heteroatoms. The molecule has 0 fully saturated rings. The van der Waals surface area contributed by atoms with Gasteiger partial charge in [-0.1, -0.05) is 33.6 Å². The van der Waals surface area contributed by atoms with Crippen LogP contribution in [0.25, 0.3) is 0 Å². The smallest absolute Gasteiger partial charge is 0.325 e. The Morgan fingerprint density at radius 2 is 2.15 bits per heavy atom. The molecule has 0 aliphatic rings. The molecule has 0 saturated carbocycles. The molecule has 20 heavy (non-hydrogen) atoms. The SMILES string of the molecule is O=C(O)C(Br)(Cc1ccc(Cl)nc1)c1cc(O)[nH]c1O. The van der Waals surface area contributed by atoms with E-state index < -0.39 is 16.2 Å². The number of hydrogen-bond acceptors (Lipinski definition) is 4. The number of nitrogens with zero attached hydrogens (tertiary/aromatic N) is 1. The van der Waals surface area contributed by atoms with E-state index in [1.165, 1.54) is 6.20 Å². The summed E-state index contributed by atoms with van der Waals surface area (Å²) in [6.45, 7) is 0. The van der Waals surface area contributed by atoms with Crippen LogP contribution in [-0.2, 0) is 15.5 Å². The summed E-state index contributed by atoms with van der Waals surface area (Å²) in [7, 11) is 0. The molecule has 0 bridgehead atoms. The maximum absolute atomic E-state index is 11.6. The van der Waals surface area contributed by atoms with Crippen LogP contribution in [0.3, 0.4) is 0 Å². The average molecular weight is 362 g/mol. The monoisotopic (exact) mass is 360 g/mol. The van der Waals surface area contributed by atoms with Gasteiger partial charge in [0.15, 0.2) is 16.1 Å². The third kappa shape index (κ3) is 2.73. The van der Waals surface area contributed by atoms with Crippen molar-refractivity contribution in [1.29, 1.82) is 0 Å². The van der Waals surface area contributed by atoms with Crippen molar-refractivity contribution in [2.45, 2.75) is 10.7 Å². The highest BCUT2D eigenvalue weighted by atomic mass is 79.9. The second-order valence-corrected chi connectivity index (χ2v) is 5.93. The summed E-state index contributed by atoms with van der Waals surface area (Å²) in [4.78, 5) is 17.7. The van der Waals surface area contributed by atoms with Crippen molar-refractivity contribution in [3.63, 3.8) is 0 Å². The van der Waals surface area contributed by atoms with Gasteiger partial charge in [-0.05, 0) is 11.6 Å². The number of aliphatic carboxylic acids is 1. The number of aromatic nitrogens is 2. The third-order valence-electron chi connectivity index (χ3n) is 2.78. The molecule has 0 saturated heterocycles. The normalized spacial score (nSPS) is 13.9. The lowest BCUT2D eigenvalue weighted by Gasteiger charge is -2.22. The Bertz CT molecular complexity index is 643. The number of rotatable bonds is 4. The number of H-pyrrole nitrogens is 1. The molecule has 2 heterocycles. The summed E-state index contributed by atoms with van der Waals surface area (Å²) in [5.41, 5.74) is 0.631. The number of nitrogens with one attached hydrogen (secondary N) is 1. The minimum absolute atomic E-state index is 0.0113. The first-order valence-electron chi connectivity index (χ1n) is 5.47. The van der Waals surface area contributed by atoms with Crippen LogP contribution in [0.2, 0.25) is 5.15 Å². The number of aromatic amines is 1. The van der Waals surface area contributed by atoms with Gasteiger partial charge in [0.2, 0.25) is 0 Å². The van der Waals surface area contributed by atoms with Crippen molar-refractivity contribution < 1.29 is 20.1 Å². The Morgan fingerprint density at radius 1 is 1.45 bits per heavy atom. The first kappa shape index (κ1) is 14.7. The Kier molecular flexibility index (Phi) is 3.92. The van der Waals surface area contributed by atoms with Gasteiger partial charge in [-0.2, -0.15) is 0 Å². The first-order valence-corrected chi connectivity index (χ1v) is 6.64. The number of pyridine rings is 1. The number of hydrogen-bond donors (Lipinski definition) is 4. The largest absolute Gasteiger partial charge is 0.495 e. The molecule has 0 aliphatic heterocycles. The summed E-state index contributed by atoms with van der Waals surface area (Å²) in [6, 6.07) is 4.33. The fourth-order valence-corrected chi connectivity index (χ4v) is 2.55. The van der Waals surface area contributed by atoms with Crippen molar-refractivity contribution in [2.75, 3.05) is 0 Å². The van der Waals surface area contributed by atoms with Crippen LogP contribution in [-0.4, -0.2) is 31.3 Å². The van der Waals surface area contributed by atoms with Crippen LogP contribution >= 0.6 is 27.5 Å². The average Bonchev–Trinajstić information content (AvgIpc) is 2.71. The van der Waals surface area contributed by atoms with E-state index in [1.807, 2.05) is 0 Å². The second-order valence-electron chi connectivity index (χ2n) is 4.19. The number of carboxylic acids is 1. The number of carbonyl (C=O) groups is 1. The molecule has 0 aliphatic carbocycles. The van der Waals surface area contributed by atoms with Gasteiger partial charge in [0.1, 0.15) is 5.15 Å². The van der Waals surface area contributed by atoms with E-state index in [1.54, 1.807) is 12.1 Å². The molecular formula is C12H10BrClN2O4. The van der Waals surface area contributed by atoms with Gasteiger partial charge in [-0.15, -0.1) is 0 Å². The van der Waals surface area contributed by atoms with E-state index in [2.05, 4.69) is 25.9 Å². The zero-order valence-corrected chi connectivity index (χ0v) is 12.3. The predicted octanol–water partition coefficient (Wildman–Crippen LogP) is 2.39. The Morgan fingerprint density at radius 3 is 2.60 bits per heavy atom. The Labute approximate surface area is 127 Å². The van der Waals surface area contributed by atoms with Crippen molar-refractivity contribution >= 4 is 33.5 Å². The van der Waals surface area contributed by atoms with Crippen LogP contribution in [0.5, 0.6) is 11.8 Å². The lowest BCUT2D eigenvalue weighted by atomic mass is 9.94. The minimum Gasteiger partial charge on any atom is -0.495 e. The molecule has 0 radical (unpaired) electrons. The maximum Gasteiger partial charge on any atom is 0.325 e. The number of halogens is 2. The molecule has 2 rings (SSSR count). The fraction of sp³-hybridized carbons (Fsp3) is 0.167. The van der Waals surface area contributed by atoms with Crippen molar-refractivity contribution in [3.05, 3.63) is 40.7 Å².